The summed E-state index contributed by atoms with van der Waals surface area (Å²) < 4.78 is 0. The first-order chi connectivity index (χ1) is 6.25. The Morgan fingerprint density at radius 1 is 1.77 bits per heavy atom. The Labute approximate surface area is 81.5 Å². The highest BCUT2D eigenvalue weighted by Gasteiger charge is 2.08. The molecule has 72 valence electrons. The molecule has 0 aliphatic carbocycles. The number of aromatic amines is 1. The van der Waals surface area contributed by atoms with E-state index in [1.54, 1.807) is 18.0 Å². The maximum atomic E-state index is 11.4. The lowest BCUT2D eigenvalue weighted by molar-refractivity contribution is 0.0955. The number of amides is 1. The van der Waals surface area contributed by atoms with Crippen LogP contribution in [0.1, 0.15) is 16.1 Å². The van der Waals surface area contributed by atoms with Crippen molar-refractivity contribution >= 4 is 17.7 Å². The van der Waals surface area contributed by atoms with Crippen molar-refractivity contribution in [1.82, 2.24) is 15.5 Å². The summed E-state index contributed by atoms with van der Waals surface area (Å²) in [6.45, 7) is 2.53. The second kappa shape index (κ2) is 4.91. The highest BCUT2D eigenvalue weighted by molar-refractivity contribution is 7.98. The number of nitrogens with one attached hydrogen (secondary N) is 2. The predicted molar refractivity (Wildman–Crippen MR) is 54.0 cm³/mol. The van der Waals surface area contributed by atoms with Crippen molar-refractivity contribution < 1.29 is 4.79 Å². The Morgan fingerprint density at radius 3 is 3.08 bits per heavy atom. The van der Waals surface area contributed by atoms with Gasteiger partial charge in [0.2, 0.25) is 0 Å². The van der Waals surface area contributed by atoms with E-state index in [0.717, 1.165) is 11.4 Å². The maximum Gasteiger partial charge on any atom is 0.254 e. The monoisotopic (exact) mass is 199 g/mol. The van der Waals surface area contributed by atoms with E-state index in [1.807, 2.05) is 13.2 Å². The van der Waals surface area contributed by atoms with Gasteiger partial charge in [-0.25, -0.2) is 0 Å². The number of aryl methyl sites for hydroxylation is 1. The largest absolute Gasteiger partial charge is 0.351 e. The number of aromatic nitrogens is 2. The van der Waals surface area contributed by atoms with E-state index >= 15 is 0 Å². The highest BCUT2D eigenvalue weighted by Crippen LogP contribution is 2.01. The van der Waals surface area contributed by atoms with Crippen LogP contribution in [0.2, 0.25) is 0 Å². The van der Waals surface area contributed by atoms with Crippen LogP contribution in [0.5, 0.6) is 0 Å². The van der Waals surface area contributed by atoms with Gasteiger partial charge in [0, 0.05) is 18.0 Å². The molecular weight excluding hydrogens is 186 g/mol. The molecule has 0 saturated heterocycles. The van der Waals surface area contributed by atoms with Gasteiger partial charge in [-0.05, 0) is 13.2 Å². The van der Waals surface area contributed by atoms with Crippen molar-refractivity contribution in [1.29, 1.82) is 0 Å². The van der Waals surface area contributed by atoms with E-state index in [1.165, 1.54) is 0 Å². The van der Waals surface area contributed by atoms with E-state index in [0.29, 0.717) is 12.1 Å². The average molecular weight is 199 g/mol. The summed E-state index contributed by atoms with van der Waals surface area (Å²) in [6, 6.07) is 0. The number of hydrogen-bond acceptors (Lipinski definition) is 3. The molecule has 5 heteroatoms. The van der Waals surface area contributed by atoms with Gasteiger partial charge >= 0.3 is 0 Å². The van der Waals surface area contributed by atoms with Gasteiger partial charge in [-0.3, -0.25) is 9.89 Å². The van der Waals surface area contributed by atoms with Gasteiger partial charge in [-0.2, -0.15) is 16.9 Å². The highest BCUT2D eigenvalue weighted by atomic mass is 32.2. The van der Waals surface area contributed by atoms with Crippen molar-refractivity contribution in [3.63, 3.8) is 0 Å². The summed E-state index contributed by atoms with van der Waals surface area (Å²) in [7, 11) is 0. The third-order valence-corrected chi connectivity index (χ3v) is 2.28. The second-order valence-electron chi connectivity index (χ2n) is 2.66. The van der Waals surface area contributed by atoms with Crippen LogP contribution in [-0.4, -0.2) is 34.7 Å². The van der Waals surface area contributed by atoms with Gasteiger partial charge in [0.05, 0.1) is 11.8 Å². The van der Waals surface area contributed by atoms with Gasteiger partial charge in [-0.15, -0.1) is 0 Å². The van der Waals surface area contributed by atoms with Crippen molar-refractivity contribution in [3.05, 3.63) is 17.5 Å². The van der Waals surface area contributed by atoms with Crippen LogP contribution in [0.25, 0.3) is 0 Å². The standard InChI is InChI=1S/C8H13N3OS/c1-6-7(5-10-11-6)8(12)9-3-4-13-2/h5H,3-4H2,1-2H3,(H,9,12)(H,10,11). The third kappa shape index (κ3) is 2.77. The molecule has 0 aliphatic heterocycles. The zero-order valence-electron chi connectivity index (χ0n) is 7.76. The molecule has 1 heterocycles. The van der Waals surface area contributed by atoms with Crippen molar-refractivity contribution in [3.8, 4) is 0 Å². The Kier molecular flexibility index (Phi) is 3.82. The van der Waals surface area contributed by atoms with Crippen LogP contribution in [0.15, 0.2) is 6.20 Å². The lowest BCUT2D eigenvalue weighted by Gasteiger charge is -2.01. The minimum Gasteiger partial charge on any atom is -0.351 e. The summed E-state index contributed by atoms with van der Waals surface area (Å²) in [6.07, 6.45) is 3.55. The maximum absolute atomic E-state index is 11.4. The van der Waals surface area contributed by atoms with E-state index in [-0.39, 0.29) is 5.91 Å². The second-order valence-corrected chi connectivity index (χ2v) is 3.64. The van der Waals surface area contributed by atoms with Gasteiger partial charge in [0.15, 0.2) is 0 Å². The number of carbonyl (C=O) groups excluding carboxylic acids is 1. The molecule has 0 atom stereocenters. The molecule has 0 unspecified atom stereocenters. The molecule has 0 aromatic carbocycles. The van der Waals surface area contributed by atoms with Crippen LogP contribution in [-0.2, 0) is 0 Å². The Bertz CT molecular complexity index is 285. The summed E-state index contributed by atoms with van der Waals surface area (Å²) in [5, 5.41) is 9.31. The van der Waals surface area contributed by atoms with Crippen LogP contribution in [0.4, 0.5) is 0 Å². The zero-order chi connectivity index (χ0) is 9.68. The van der Waals surface area contributed by atoms with Crippen molar-refractivity contribution in [2.75, 3.05) is 18.6 Å². The van der Waals surface area contributed by atoms with E-state index in [4.69, 9.17) is 0 Å². The minimum absolute atomic E-state index is 0.0553. The molecule has 0 fully saturated rings. The summed E-state index contributed by atoms with van der Waals surface area (Å²) in [5.74, 6) is 0.878. The fourth-order valence-electron chi connectivity index (χ4n) is 0.941. The smallest absolute Gasteiger partial charge is 0.254 e. The normalized spacial score (nSPS) is 10.0. The molecule has 0 spiro atoms. The van der Waals surface area contributed by atoms with Gasteiger partial charge in [0.25, 0.3) is 5.91 Å². The van der Waals surface area contributed by atoms with Crippen LogP contribution >= 0.6 is 11.8 Å². The first-order valence-electron chi connectivity index (χ1n) is 4.03. The van der Waals surface area contributed by atoms with Crippen LogP contribution < -0.4 is 5.32 Å². The number of rotatable bonds is 4. The average Bonchev–Trinajstić information content (AvgIpc) is 2.52. The fraction of sp³-hybridized carbons (Fsp3) is 0.500. The predicted octanol–water partition coefficient (Wildman–Crippen LogP) is 0.811. The molecule has 0 aliphatic rings. The van der Waals surface area contributed by atoms with Gasteiger partial charge in [0.1, 0.15) is 0 Å². The van der Waals surface area contributed by atoms with Crippen molar-refractivity contribution in [2.45, 2.75) is 6.92 Å². The number of hydrogen-bond donors (Lipinski definition) is 2. The molecule has 1 amide bonds. The van der Waals surface area contributed by atoms with Crippen molar-refractivity contribution in [2.24, 2.45) is 0 Å². The Balaban J connectivity index is 2.45. The van der Waals surface area contributed by atoms with Gasteiger partial charge < -0.3 is 5.32 Å². The molecular formula is C8H13N3OS. The Morgan fingerprint density at radius 2 is 2.54 bits per heavy atom. The van der Waals surface area contributed by atoms with E-state index < -0.39 is 0 Å². The topological polar surface area (TPSA) is 57.8 Å². The molecule has 0 radical (unpaired) electrons. The quantitative estimate of drug-likeness (QED) is 0.706. The lowest BCUT2D eigenvalue weighted by atomic mass is 10.2. The molecule has 2 N–H and O–H groups in total. The molecule has 1 rings (SSSR count). The number of H-pyrrole nitrogens is 1. The Hall–Kier alpha value is -0.970. The number of nitrogens with zero attached hydrogens (tertiary/aromatic N) is 1. The van der Waals surface area contributed by atoms with Crippen LogP contribution in [0, 0.1) is 6.92 Å². The SMILES string of the molecule is CSCCNC(=O)c1cn[nH]c1C. The van der Waals surface area contributed by atoms with Crippen LogP contribution in [0.3, 0.4) is 0 Å². The molecule has 1 aromatic rings. The molecule has 1 aromatic heterocycles. The lowest BCUT2D eigenvalue weighted by Crippen LogP contribution is -2.25. The molecule has 13 heavy (non-hydrogen) atoms. The molecule has 0 saturated carbocycles. The molecule has 4 nitrogen and oxygen atoms in total. The summed E-state index contributed by atoms with van der Waals surface area (Å²) in [4.78, 5) is 11.4. The fourth-order valence-corrected chi connectivity index (χ4v) is 1.25. The number of thioether (sulfide) groups is 1. The summed E-state index contributed by atoms with van der Waals surface area (Å²) in [5.41, 5.74) is 1.43. The van der Waals surface area contributed by atoms with E-state index in [2.05, 4.69) is 15.5 Å². The zero-order valence-corrected chi connectivity index (χ0v) is 8.57. The minimum atomic E-state index is -0.0553. The third-order valence-electron chi connectivity index (χ3n) is 1.67. The first-order valence-corrected chi connectivity index (χ1v) is 5.42. The van der Waals surface area contributed by atoms with Gasteiger partial charge in [-0.1, -0.05) is 0 Å². The first kappa shape index (κ1) is 10.1. The van der Waals surface area contributed by atoms with E-state index in [9.17, 15) is 4.79 Å². The summed E-state index contributed by atoms with van der Waals surface area (Å²) >= 11 is 1.71. The number of carbonyl (C=O) groups is 1. The molecule has 0 bridgehead atoms.